The third-order valence-electron chi connectivity index (χ3n) is 2.69. The van der Waals surface area contributed by atoms with Gasteiger partial charge in [0, 0.05) is 20.1 Å². The molecule has 3 heteroatoms. The molecule has 0 spiro atoms. The van der Waals surface area contributed by atoms with Crippen molar-refractivity contribution in [2.75, 3.05) is 20.1 Å². The average molecular weight is 198 g/mol. The maximum absolute atomic E-state index is 11.3. The Morgan fingerprint density at radius 3 is 2.64 bits per heavy atom. The highest BCUT2D eigenvalue weighted by Crippen LogP contribution is 2.30. The molecule has 0 aliphatic carbocycles. The zero-order valence-corrected chi connectivity index (χ0v) is 9.76. The summed E-state index contributed by atoms with van der Waals surface area (Å²) >= 11 is 0. The summed E-state index contributed by atoms with van der Waals surface area (Å²) < 4.78 is 0. The number of nitrogens with zero attached hydrogens (tertiary/aromatic N) is 1. The molecule has 1 heterocycles. The molecular weight excluding hydrogens is 176 g/mol. The van der Waals surface area contributed by atoms with Gasteiger partial charge in [-0.25, -0.2) is 4.79 Å². The minimum absolute atomic E-state index is 0.0707. The molecule has 1 N–H and O–H groups in total. The number of carbonyl (C=O) groups excluding carboxylic acids is 1. The van der Waals surface area contributed by atoms with E-state index in [1.54, 1.807) is 7.05 Å². The van der Waals surface area contributed by atoms with E-state index in [1.165, 1.54) is 6.42 Å². The summed E-state index contributed by atoms with van der Waals surface area (Å²) in [4.78, 5) is 13.3. The summed E-state index contributed by atoms with van der Waals surface area (Å²) in [7, 11) is 1.69. The zero-order chi connectivity index (χ0) is 10.8. The van der Waals surface area contributed by atoms with E-state index in [4.69, 9.17) is 0 Å². The summed E-state index contributed by atoms with van der Waals surface area (Å²) in [5.74, 6) is 0.687. The highest BCUT2D eigenvalue weighted by atomic mass is 16.2. The Bertz CT molecular complexity index is 208. The minimum atomic E-state index is 0.0707. The number of amides is 2. The van der Waals surface area contributed by atoms with Gasteiger partial charge in [-0.1, -0.05) is 20.8 Å². The number of hydrogen-bond acceptors (Lipinski definition) is 1. The molecule has 0 aromatic heterocycles. The molecule has 1 rings (SSSR count). The van der Waals surface area contributed by atoms with Crippen molar-refractivity contribution in [3.8, 4) is 0 Å². The van der Waals surface area contributed by atoms with Crippen molar-refractivity contribution in [2.24, 2.45) is 11.3 Å². The highest BCUT2D eigenvalue weighted by molar-refractivity contribution is 5.74. The third kappa shape index (κ3) is 3.20. The second-order valence-corrected chi connectivity index (χ2v) is 5.42. The van der Waals surface area contributed by atoms with Crippen LogP contribution in [0.2, 0.25) is 0 Å². The van der Waals surface area contributed by atoms with Crippen molar-refractivity contribution in [2.45, 2.75) is 33.6 Å². The van der Waals surface area contributed by atoms with Crippen molar-refractivity contribution in [1.29, 1.82) is 0 Å². The van der Waals surface area contributed by atoms with Crippen LogP contribution >= 0.6 is 0 Å². The minimum Gasteiger partial charge on any atom is -0.341 e. The zero-order valence-electron chi connectivity index (χ0n) is 9.76. The lowest BCUT2D eigenvalue weighted by atomic mass is 9.84. The quantitative estimate of drug-likeness (QED) is 0.687. The van der Waals surface area contributed by atoms with E-state index in [0.29, 0.717) is 11.3 Å². The Morgan fingerprint density at radius 2 is 2.14 bits per heavy atom. The summed E-state index contributed by atoms with van der Waals surface area (Å²) in [5.41, 5.74) is 0.378. The molecule has 82 valence electrons. The van der Waals surface area contributed by atoms with Gasteiger partial charge in [-0.05, 0) is 24.2 Å². The van der Waals surface area contributed by atoms with Crippen molar-refractivity contribution in [3.05, 3.63) is 0 Å². The molecule has 1 aliphatic rings. The predicted molar refractivity (Wildman–Crippen MR) is 58.2 cm³/mol. The van der Waals surface area contributed by atoms with E-state index in [2.05, 4.69) is 26.1 Å². The Kier molecular flexibility index (Phi) is 3.40. The molecule has 1 saturated heterocycles. The number of nitrogens with one attached hydrogen (secondary N) is 1. The maximum atomic E-state index is 11.3. The number of likely N-dealkylation sites (tertiary alicyclic amines) is 1. The molecule has 1 atom stereocenters. The lowest BCUT2D eigenvalue weighted by Gasteiger charge is -2.23. The van der Waals surface area contributed by atoms with E-state index in [0.717, 1.165) is 19.5 Å². The van der Waals surface area contributed by atoms with Crippen molar-refractivity contribution in [1.82, 2.24) is 10.2 Å². The fraction of sp³-hybridized carbons (Fsp3) is 0.909. The number of urea groups is 1. The van der Waals surface area contributed by atoms with Gasteiger partial charge < -0.3 is 10.2 Å². The van der Waals surface area contributed by atoms with Gasteiger partial charge in [0.25, 0.3) is 0 Å². The molecule has 0 aromatic carbocycles. The molecule has 1 aliphatic heterocycles. The fourth-order valence-corrected chi connectivity index (χ4v) is 2.21. The molecule has 0 bridgehead atoms. The lowest BCUT2D eigenvalue weighted by molar-refractivity contribution is 0.206. The molecule has 1 fully saturated rings. The number of carbonyl (C=O) groups is 1. The summed E-state index contributed by atoms with van der Waals surface area (Å²) in [6, 6.07) is 0.0707. The van der Waals surface area contributed by atoms with E-state index in [1.807, 2.05) is 4.90 Å². The summed E-state index contributed by atoms with van der Waals surface area (Å²) in [5, 5.41) is 2.68. The highest BCUT2D eigenvalue weighted by Gasteiger charge is 2.28. The first-order chi connectivity index (χ1) is 6.42. The van der Waals surface area contributed by atoms with Crippen LogP contribution in [0.25, 0.3) is 0 Å². The van der Waals surface area contributed by atoms with Gasteiger partial charge >= 0.3 is 6.03 Å². The normalized spacial score (nSPS) is 22.6. The van der Waals surface area contributed by atoms with Gasteiger partial charge in [0.1, 0.15) is 0 Å². The monoisotopic (exact) mass is 198 g/mol. The fourth-order valence-electron chi connectivity index (χ4n) is 2.21. The third-order valence-corrected chi connectivity index (χ3v) is 2.69. The molecule has 1 unspecified atom stereocenters. The van der Waals surface area contributed by atoms with Crippen LogP contribution in [0.15, 0.2) is 0 Å². The van der Waals surface area contributed by atoms with Crippen molar-refractivity contribution in [3.63, 3.8) is 0 Å². The topological polar surface area (TPSA) is 32.3 Å². The van der Waals surface area contributed by atoms with Crippen LogP contribution in [0.4, 0.5) is 4.79 Å². The molecule has 3 nitrogen and oxygen atoms in total. The number of hydrogen-bond donors (Lipinski definition) is 1. The van der Waals surface area contributed by atoms with E-state index in [-0.39, 0.29) is 6.03 Å². The van der Waals surface area contributed by atoms with Gasteiger partial charge in [-0.3, -0.25) is 0 Å². The van der Waals surface area contributed by atoms with Crippen molar-refractivity contribution >= 4 is 6.03 Å². The standard InChI is InChI=1S/C11H22N2O/c1-11(2,3)7-9-5-6-13(8-9)10(14)12-4/h9H,5-8H2,1-4H3,(H,12,14). The first kappa shape index (κ1) is 11.3. The molecule has 2 amide bonds. The Balaban J connectivity index is 2.38. The number of rotatable bonds is 1. The maximum Gasteiger partial charge on any atom is 0.317 e. The smallest absolute Gasteiger partial charge is 0.317 e. The van der Waals surface area contributed by atoms with Crippen LogP contribution in [0.1, 0.15) is 33.6 Å². The van der Waals surface area contributed by atoms with Gasteiger partial charge in [0.15, 0.2) is 0 Å². The SMILES string of the molecule is CNC(=O)N1CCC(CC(C)(C)C)C1. The lowest BCUT2D eigenvalue weighted by Crippen LogP contribution is -2.36. The molecular formula is C11H22N2O. The van der Waals surface area contributed by atoms with Crippen LogP contribution in [-0.2, 0) is 0 Å². The van der Waals surface area contributed by atoms with Crippen LogP contribution in [-0.4, -0.2) is 31.1 Å². The van der Waals surface area contributed by atoms with E-state index < -0.39 is 0 Å². The van der Waals surface area contributed by atoms with Crippen molar-refractivity contribution < 1.29 is 4.79 Å². The average Bonchev–Trinajstić information content (AvgIpc) is 2.48. The van der Waals surface area contributed by atoms with Crippen LogP contribution < -0.4 is 5.32 Å². The van der Waals surface area contributed by atoms with Crippen LogP contribution in [0.5, 0.6) is 0 Å². The second kappa shape index (κ2) is 4.20. The molecule has 14 heavy (non-hydrogen) atoms. The Labute approximate surface area is 86.9 Å². The van der Waals surface area contributed by atoms with Gasteiger partial charge in [0.2, 0.25) is 0 Å². The van der Waals surface area contributed by atoms with Crippen LogP contribution in [0.3, 0.4) is 0 Å². The molecule has 0 aromatic rings. The molecule has 0 radical (unpaired) electrons. The van der Waals surface area contributed by atoms with Gasteiger partial charge in [-0.15, -0.1) is 0 Å². The first-order valence-electron chi connectivity index (χ1n) is 5.39. The van der Waals surface area contributed by atoms with Gasteiger partial charge in [0.05, 0.1) is 0 Å². The van der Waals surface area contributed by atoms with Crippen LogP contribution in [0, 0.1) is 11.3 Å². The Hall–Kier alpha value is -0.730. The Morgan fingerprint density at radius 1 is 1.50 bits per heavy atom. The second-order valence-electron chi connectivity index (χ2n) is 5.42. The van der Waals surface area contributed by atoms with E-state index in [9.17, 15) is 4.79 Å². The first-order valence-corrected chi connectivity index (χ1v) is 5.39. The van der Waals surface area contributed by atoms with Gasteiger partial charge in [-0.2, -0.15) is 0 Å². The molecule has 0 saturated carbocycles. The summed E-state index contributed by atoms with van der Waals surface area (Å²) in [6.07, 6.45) is 2.37. The predicted octanol–water partition coefficient (Wildman–Crippen LogP) is 2.08. The van der Waals surface area contributed by atoms with E-state index >= 15 is 0 Å². The largest absolute Gasteiger partial charge is 0.341 e. The summed E-state index contributed by atoms with van der Waals surface area (Å²) in [6.45, 7) is 8.62.